The Morgan fingerprint density at radius 2 is 1.70 bits per heavy atom. The molecule has 1 amide bonds. The van der Waals surface area contributed by atoms with Gasteiger partial charge in [0, 0.05) is 38.0 Å². The molecule has 126 valence electrons. The number of likely N-dealkylation sites (tertiary alicyclic amines) is 1. The summed E-state index contributed by atoms with van der Waals surface area (Å²) in [6.45, 7) is 2.52. The number of hydrogen-bond acceptors (Lipinski definition) is 3. The topological polar surface area (TPSA) is 57.7 Å². The summed E-state index contributed by atoms with van der Waals surface area (Å²) in [5.74, 6) is 0.607. The van der Waals surface area contributed by atoms with Crippen LogP contribution in [-0.4, -0.2) is 56.0 Å². The van der Waals surface area contributed by atoms with Gasteiger partial charge in [0.05, 0.1) is 6.26 Å². The molecule has 3 rings (SSSR count). The van der Waals surface area contributed by atoms with Gasteiger partial charge in [0.2, 0.25) is 15.9 Å². The van der Waals surface area contributed by atoms with Crippen molar-refractivity contribution >= 4 is 15.9 Å². The largest absolute Gasteiger partial charge is 0.342 e. The van der Waals surface area contributed by atoms with Crippen LogP contribution in [0.15, 0.2) is 30.3 Å². The van der Waals surface area contributed by atoms with E-state index in [2.05, 4.69) is 12.1 Å². The molecule has 2 saturated heterocycles. The molecule has 6 heteroatoms. The van der Waals surface area contributed by atoms with Gasteiger partial charge in [-0.25, -0.2) is 12.7 Å². The highest BCUT2D eigenvalue weighted by Crippen LogP contribution is 2.30. The van der Waals surface area contributed by atoms with Gasteiger partial charge >= 0.3 is 0 Å². The molecule has 2 aliphatic heterocycles. The third-order valence-corrected chi connectivity index (χ3v) is 6.35. The zero-order valence-electron chi connectivity index (χ0n) is 13.5. The maximum atomic E-state index is 12.7. The van der Waals surface area contributed by atoms with E-state index < -0.39 is 10.0 Å². The number of hydrogen-bond donors (Lipinski definition) is 0. The van der Waals surface area contributed by atoms with Gasteiger partial charge in [0.1, 0.15) is 0 Å². The molecule has 0 bridgehead atoms. The van der Waals surface area contributed by atoms with Crippen molar-refractivity contribution in [2.75, 3.05) is 32.4 Å². The minimum Gasteiger partial charge on any atom is -0.342 e. The molecule has 0 aliphatic carbocycles. The first-order valence-corrected chi connectivity index (χ1v) is 10.1. The average Bonchev–Trinajstić information content (AvgIpc) is 3.04. The van der Waals surface area contributed by atoms with Gasteiger partial charge in [-0.05, 0) is 24.8 Å². The van der Waals surface area contributed by atoms with E-state index in [0.717, 1.165) is 19.5 Å². The molecule has 0 unspecified atom stereocenters. The van der Waals surface area contributed by atoms with Crippen LogP contribution in [0.4, 0.5) is 0 Å². The van der Waals surface area contributed by atoms with Crippen LogP contribution in [0.3, 0.4) is 0 Å². The molecule has 0 radical (unpaired) electrons. The SMILES string of the molecule is CS(=O)(=O)N1CCC(C(=O)N2CC[C@@H](c3ccccc3)C2)CC1. The molecule has 0 saturated carbocycles. The van der Waals surface area contributed by atoms with Crippen molar-refractivity contribution in [2.24, 2.45) is 5.92 Å². The highest BCUT2D eigenvalue weighted by molar-refractivity contribution is 7.88. The Kier molecular flexibility index (Phi) is 4.73. The predicted molar refractivity (Wildman–Crippen MR) is 89.5 cm³/mol. The summed E-state index contributed by atoms with van der Waals surface area (Å²) in [5.41, 5.74) is 1.30. The van der Waals surface area contributed by atoms with Crippen molar-refractivity contribution in [3.8, 4) is 0 Å². The van der Waals surface area contributed by atoms with E-state index in [4.69, 9.17) is 0 Å². The lowest BCUT2D eigenvalue weighted by atomic mass is 9.96. The number of amides is 1. The number of carbonyl (C=O) groups is 1. The summed E-state index contributed by atoms with van der Waals surface area (Å²) in [6, 6.07) is 10.4. The molecule has 0 N–H and O–H groups in total. The smallest absolute Gasteiger partial charge is 0.225 e. The van der Waals surface area contributed by atoms with Gasteiger partial charge in [-0.2, -0.15) is 0 Å². The summed E-state index contributed by atoms with van der Waals surface area (Å²) in [7, 11) is -3.13. The van der Waals surface area contributed by atoms with Crippen molar-refractivity contribution in [2.45, 2.75) is 25.2 Å². The van der Waals surface area contributed by atoms with E-state index in [1.807, 2.05) is 23.1 Å². The van der Waals surface area contributed by atoms with E-state index in [1.165, 1.54) is 16.1 Å². The summed E-state index contributed by atoms with van der Waals surface area (Å²) in [4.78, 5) is 14.7. The first-order valence-electron chi connectivity index (χ1n) is 8.24. The van der Waals surface area contributed by atoms with Crippen molar-refractivity contribution in [3.63, 3.8) is 0 Å². The monoisotopic (exact) mass is 336 g/mol. The van der Waals surface area contributed by atoms with E-state index >= 15 is 0 Å². The zero-order valence-corrected chi connectivity index (χ0v) is 14.3. The Hall–Kier alpha value is -1.40. The number of carbonyl (C=O) groups excluding carboxylic acids is 1. The number of piperidine rings is 1. The van der Waals surface area contributed by atoms with Gasteiger partial charge in [0.25, 0.3) is 0 Å². The van der Waals surface area contributed by atoms with E-state index in [9.17, 15) is 13.2 Å². The minimum absolute atomic E-state index is 0.0254. The van der Waals surface area contributed by atoms with Crippen molar-refractivity contribution in [1.29, 1.82) is 0 Å². The van der Waals surface area contributed by atoms with Crippen molar-refractivity contribution in [1.82, 2.24) is 9.21 Å². The van der Waals surface area contributed by atoms with Gasteiger partial charge in [-0.15, -0.1) is 0 Å². The number of nitrogens with zero attached hydrogens (tertiary/aromatic N) is 2. The normalized spacial score (nSPS) is 24.0. The van der Waals surface area contributed by atoms with Crippen LogP contribution in [0, 0.1) is 5.92 Å². The van der Waals surface area contributed by atoms with E-state index in [0.29, 0.717) is 31.8 Å². The van der Waals surface area contributed by atoms with E-state index in [-0.39, 0.29) is 11.8 Å². The predicted octanol–water partition coefficient (Wildman–Crippen LogP) is 1.67. The van der Waals surface area contributed by atoms with E-state index in [1.54, 1.807) is 0 Å². The third kappa shape index (κ3) is 3.75. The Bertz CT molecular complexity index is 652. The Morgan fingerprint density at radius 3 is 2.30 bits per heavy atom. The highest BCUT2D eigenvalue weighted by atomic mass is 32.2. The van der Waals surface area contributed by atoms with Crippen LogP contribution >= 0.6 is 0 Å². The summed E-state index contributed by atoms with van der Waals surface area (Å²) in [6.07, 6.45) is 3.52. The maximum Gasteiger partial charge on any atom is 0.225 e. The molecule has 0 spiro atoms. The third-order valence-electron chi connectivity index (χ3n) is 5.04. The van der Waals surface area contributed by atoms with Gasteiger partial charge in [0.15, 0.2) is 0 Å². The standard InChI is InChI=1S/C17H24N2O3S/c1-23(21,22)19-11-8-15(9-12-19)17(20)18-10-7-16(13-18)14-5-3-2-4-6-14/h2-6,15-16H,7-13H2,1H3/t16-/m1/s1. The lowest BCUT2D eigenvalue weighted by Crippen LogP contribution is -2.43. The first-order chi connectivity index (χ1) is 10.9. The lowest BCUT2D eigenvalue weighted by Gasteiger charge is -2.31. The molecular formula is C17H24N2O3S. The quantitative estimate of drug-likeness (QED) is 0.844. The second kappa shape index (κ2) is 6.61. The van der Waals surface area contributed by atoms with Crippen LogP contribution in [0.5, 0.6) is 0 Å². The average molecular weight is 336 g/mol. The fourth-order valence-corrected chi connectivity index (χ4v) is 4.52. The fraction of sp³-hybridized carbons (Fsp3) is 0.588. The molecule has 1 atom stereocenters. The summed E-state index contributed by atoms with van der Waals surface area (Å²) in [5, 5.41) is 0. The second-order valence-electron chi connectivity index (χ2n) is 6.62. The van der Waals surface area contributed by atoms with Gasteiger partial charge in [-0.1, -0.05) is 30.3 Å². The first kappa shape index (κ1) is 16.5. The molecule has 1 aromatic rings. The molecular weight excluding hydrogens is 312 g/mol. The number of sulfonamides is 1. The fourth-order valence-electron chi connectivity index (χ4n) is 3.65. The molecule has 2 aliphatic rings. The lowest BCUT2D eigenvalue weighted by molar-refractivity contribution is -0.135. The Labute approximate surface area is 138 Å². The van der Waals surface area contributed by atoms with Crippen LogP contribution in [-0.2, 0) is 14.8 Å². The van der Waals surface area contributed by atoms with Crippen molar-refractivity contribution < 1.29 is 13.2 Å². The van der Waals surface area contributed by atoms with Gasteiger partial charge in [-0.3, -0.25) is 4.79 Å². The van der Waals surface area contributed by atoms with Crippen LogP contribution in [0.2, 0.25) is 0 Å². The highest BCUT2D eigenvalue weighted by Gasteiger charge is 2.34. The molecule has 2 heterocycles. The molecule has 1 aromatic carbocycles. The summed E-state index contributed by atoms with van der Waals surface area (Å²) < 4.78 is 24.6. The van der Waals surface area contributed by atoms with Crippen LogP contribution < -0.4 is 0 Å². The number of rotatable bonds is 3. The zero-order chi connectivity index (χ0) is 16.4. The van der Waals surface area contributed by atoms with Crippen molar-refractivity contribution in [3.05, 3.63) is 35.9 Å². The molecule has 2 fully saturated rings. The molecule has 0 aromatic heterocycles. The minimum atomic E-state index is -3.13. The molecule has 23 heavy (non-hydrogen) atoms. The summed E-state index contributed by atoms with van der Waals surface area (Å²) >= 11 is 0. The van der Waals surface area contributed by atoms with Crippen LogP contribution in [0.25, 0.3) is 0 Å². The second-order valence-corrected chi connectivity index (χ2v) is 8.60. The maximum absolute atomic E-state index is 12.7. The van der Waals surface area contributed by atoms with Crippen LogP contribution in [0.1, 0.15) is 30.7 Å². The Morgan fingerprint density at radius 1 is 1.04 bits per heavy atom. The Balaban J connectivity index is 1.56. The van der Waals surface area contributed by atoms with Gasteiger partial charge < -0.3 is 4.90 Å². The number of benzene rings is 1. The molecule has 5 nitrogen and oxygen atoms in total.